The summed E-state index contributed by atoms with van der Waals surface area (Å²) >= 11 is 0. The van der Waals surface area contributed by atoms with Crippen LogP contribution in [0.5, 0.6) is 0 Å². The van der Waals surface area contributed by atoms with Gasteiger partial charge in [0.1, 0.15) is 17.3 Å². The highest BCUT2D eigenvalue weighted by molar-refractivity contribution is 5.67. The minimum atomic E-state index is -4.83. The molecule has 0 aliphatic carbocycles. The van der Waals surface area contributed by atoms with E-state index >= 15 is 0 Å². The molecule has 0 heterocycles. The monoisotopic (exact) mass is 215 g/mol. The van der Waals surface area contributed by atoms with E-state index in [1.165, 1.54) is 6.07 Å². The molecule has 0 amide bonds. The maximum absolute atomic E-state index is 12.5. The van der Waals surface area contributed by atoms with Crippen LogP contribution in [0.15, 0.2) is 17.3 Å². The van der Waals surface area contributed by atoms with Crippen molar-refractivity contribution in [1.82, 2.24) is 0 Å². The number of nitrogens with zero attached hydrogens (tertiary/aromatic N) is 2. The molecule has 0 spiro atoms. The Morgan fingerprint density at radius 1 is 1.40 bits per heavy atom. The van der Waals surface area contributed by atoms with E-state index in [9.17, 15) is 18.1 Å². The first-order valence-corrected chi connectivity index (χ1v) is 3.65. The Hall–Kier alpha value is -2.10. The van der Waals surface area contributed by atoms with E-state index in [1.807, 2.05) is 0 Å². The highest BCUT2D eigenvalue weighted by atomic mass is 19.4. The third kappa shape index (κ3) is 1.88. The highest BCUT2D eigenvalue weighted by Crippen LogP contribution is 2.40. The van der Waals surface area contributed by atoms with Crippen molar-refractivity contribution in [1.29, 1.82) is 5.26 Å². The summed E-state index contributed by atoms with van der Waals surface area (Å²) in [7, 11) is 0. The molecule has 0 saturated carbocycles. The molecule has 1 aromatic rings. The summed E-state index contributed by atoms with van der Waals surface area (Å²) in [5.74, 6) is 0. The number of alkyl halides is 3. The summed E-state index contributed by atoms with van der Waals surface area (Å²) in [5, 5.41) is 10.7. The third-order valence-electron chi connectivity index (χ3n) is 1.71. The van der Waals surface area contributed by atoms with Gasteiger partial charge < -0.3 is 5.73 Å². The molecule has 4 nitrogen and oxygen atoms in total. The number of anilines is 1. The van der Waals surface area contributed by atoms with E-state index in [0.29, 0.717) is 0 Å². The molecule has 2 N–H and O–H groups in total. The largest absolute Gasteiger partial charge is 0.419 e. The number of benzene rings is 1. The topological polar surface area (TPSA) is 79.2 Å². The summed E-state index contributed by atoms with van der Waals surface area (Å²) in [6, 6.07) is 3.16. The molecule has 0 radical (unpaired) electrons. The number of nitriles is 1. The zero-order valence-electron chi connectivity index (χ0n) is 7.17. The Morgan fingerprint density at radius 2 is 2.00 bits per heavy atom. The Morgan fingerprint density at radius 3 is 2.40 bits per heavy atom. The fourth-order valence-corrected chi connectivity index (χ4v) is 1.09. The number of rotatable bonds is 1. The number of halogens is 3. The fourth-order valence-electron chi connectivity index (χ4n) is 1.09. The zero-order valence-corrected chi connectivity index (χ0v) is 7.17. The molecule has 78 valence electrons. The summed E-state index contributed by atoms with van der Waals surface area (Å²) in [4.78, 5) is 10.2. The maximum Gasteiger partial charge on any atom is 0.419 e. The number of nitrogen functional groups attached to an aromatic ring is 1. The summed E-state index contributed by atoms with van der Waals surface area (Å²) in [6.07, 6.45) is -4.83. The quantitative estimate of drug-likeness (QED) is 0.577. The van der Waals surface area contributed by atoms with E-state index in [0.717, 1.165) is 12.1 Å². The molecule has 0 saturated heterocycles. The van der Waals surface area contributed by atoms with E-state index in [-0.39, 0.29) is 5.69 Å². The van der Waals surface area contributed by atoms with Gasteiger partial charge in [0.2, 0.25) is 0 Å². The molecule has 0 aliphatic rings. The number of hydrogen-bond acceptors (Lipinski definition) is 4. The number of nitrogens with two attached hydrogens (primary N) is 1. The van der Waals surface area contributed by atoms with Gasteiger partial charge in [-0.3, -0.25) is 0 Å². The predicted molar refractivity (Wildman–Crippen MR) is 46.0 cm³/mol. The second kappa shape index (κ2) is 3.57. The normalized spacial score (nSPS) is 10.8. The lowest BCUT2D eigenvalue weighted by Gasteiger charge is -2.11. The standard InChI is InChI=1S/C8H4F3N3O/c9-8(10,11)7-4(3-12)5(13)1-2-6(7)14-15/h1-2H,13H2. The summed E-state index contributed by atoms with van der Waals surface area (Å²) < 4.78 is 37.4. The number of hydrogen-bond donors (Lipinski definition) is 1. The first kappa shape index (κ1) is 11.0. The van der Waals surface area contributed by atoms with Gasteiger partial charge in [-0.15, -0.1) is 4.91 Å². The zero-order chi connectivity index (χ0) is 11.6. The minimum Gasteiger partial charge on any atom is -0.398 e. The van der Waals surface area contributed by atoms with Crippen LogP contribution in [0, 0.1) is 16.2 Å². The molecule has 0 unspecified atom stereocenters. The molecule has 1 rings (SSSR count). The number of nitroso groups, excluding NO2 is 1. The van der Waals surface area contributed by atoms with Gasteiger partial charge in [-0.25, -0.2) is 0 Å². The predicted octanol–water partition coefficient (Wildman–Crippen LogP) is 2.56. The first-order valence-electron chi connectivity index (χ1n) is 3.65. The molecular formula is C8H4F3N3O. The Labute approximate surface area is 82.1 Å². The van der Waals surface area contributed by atoms with Gasteiger partial charge in [-0.05, 0) is 17.3 Å². The molecule has 0 aliphatic heterocycles. The third-order valence-corrected chi connectivity index (χ3v) is 1.71. The van der Waals surface area contributed by atoms with E-state index in [2.05, 4.69) is 5.18 Å². The van der Waals surface area contributed by atoms with E-state index < -0.39 is 23.0 Å². The van der Waals surface area contributed by atoms with Crippen molar-refractivity contribution in [3.63, 3.8) is 0 Å². The molecule has 0 fully saturated rings. The second-order valence-corrected chi connectivity index (χ2v) is 2.62. The Bertz CT molecular complexity index is 448. The van der Waals surface area contributed by atoms with Crippen LogP contribution < -0.4 is 5.73 Å². The second-order valence-electron chi connectivity index (χ2n) is 2.62. The molecular weight excluding hydrogens is 211 g/mol. The van der Waals surface area contributed by atoms with Crippen LogP contribution in [0.1, 0.15) is 11.1 Å². The SMILES string of the molecule is N#Cc1c(N)ccc(N=O)c1C(F)(F)F. The fraction of sp³-hybridized carbons (Fsp3) is 0.125. The average Bonchev–Trinajstić information content (AvgIpc) is 2.15. The van der Waals surface area contributed by atoms with Crippen molar-refractivity contribution < 1.29 is 13.2 Å². The van der Waals surface area contributed by atoms with Gasteiger partial charge in [0.15, 0.2) is 0 Å². The van der Waals surface area contributed by atoms with E-state index in [1.54, 1.807) is 0 Å². The van der Waals surface area contributed by atoms with Crippen LogP contribution in [0.3, 0.4) is 0 Å². The molecule has 7 heteroatoms. The van der Waals surface area contributed by atoms with Gasteiger partial charge in [0.05, 0.1) is 11.3 Å². The van der Waals surface area contributed by atoms with Crippen LogP contribution in [0.2, 0.25) is 0 Å². The van der Waals surface area contributed by atoms with Gasteiger partial charge in [0.25, 0.3) is 0 Å². The molecule has 1 aromatic carbocycles. The van der Waals surface area contributed by atoms with Gasteiger partial charge in [0, 0.05) is 0 Å². The maximum atomic E-state index is 12.5. The van der Waals surface area contributed by atoms with Crippen molar-refractivity contribution in [2.45, 2.75) is 6.18 Å². The minimum absolute atomic E-state index is 0.336. The van der Waals surface area contributed by atoms with Gasteiger partial charge >= 0.3 is 6.18 Å². The highest BCUT2D eigenvalue weighted by Gasteiger charge is 2.38. The lowest BCUT2D eigenvalue weighted by atomic mass is 10.0. The van der Waals surface area contributed by atoms with Gasteiger partial charge in [-0.2, -0.15) is 18.4 Å². The molecule has 0 aromatic heterocycles. The first-order chi connectivity index (χ1) is 6.91. The Balaban J connectivity index is 3.64. The van der Waals surface area contributed by atoms with Gasteiger partial charge in [-0.1, -0.05) is 0 Å². The van der Waals surface area contributed by atoms with Crippen molar-refractivity contribution in [2.24, 2.45) is 5.18 Å². The summed E-state index contributed by atoms with van der Waals surface area (Å²) in [5.41, 5.74) is 1.84. The molecule has 0 atom stereocenters. The van der Waals surface area contributed by atoms with Crippen LogP contribution in [0.4, 0.5) is 24.5 Å². The van der Waals surface area contributed by atoms with Crippen molar-refractivity contribution in [3.8, 4) is 6.07 Å². The Kier molecular flexibility index (Phi) is 2.61. The summed E-state index contributed by atoms with van der Waals surface area (Å²) in [6.45, 7) is 0. The van der Waals surface area contributed by atoms with E-state index in [4.69, 9.17) is 11.0 Å². The van der Waals surface area contributed by atoms with Crippen molar-refractivity contribution >= 4 is 11.4 Å². The smallest absolute Gasteiger partial charge is 0.398 e. The lowest BCUT2D eigenvalue weighted by Crippen LogP contribution is -2.10. The van der Waals surface area contributed by atoms with Crippen molar-refractivity contribution in [3.05, 3.63) is 28.2 Å². The molecule has 0 bridgehead atoms. The average molecular weight is 215 g/mol. The van der Waals surface area contributed by atoms with Crippen LogP contribution in [0.25, 0.3) is 0 Å². The lowest BCUT2D eigenvalue weighted by molar-refractivity contribution is -0.137. The van der Waals surface area contributed by atoms with Crippen LogP contribution in [-0.4, -0.2) is 0 Å². The van der Waals surface area contributed by atoms with Crippen molar-refractivity contribution in [2.75, 3.05) is 5.73 Å². The van der Waals surface area contributed by atoms with Crippen LogP contribution >= 0.6 is 0 Å². The van der Waals surface area contributed by atoms with Crippen LogP contribution in [-0.2, 0) is 6.18 Å². The molecule has 15 heavy (non-hydrogen) atoms.